The molecule has 1 aliphatic carbocycles. The van der Waals surface area contributed by atoms with E-state index < -0.39 is 5.41 Å². The highest BCUT2D eigenvalue weighted by molar-refractivity contribution is 7.99. The van der Waals surface area contributed by atoms with Gasteiger partial charge in [0, 0.05) is 26.5 Å². The Kier molecular flexibility index (Phi) is 7.99. The molecule has 0 atom stereocenters. The van der Waals surface area contributed by atoms with Gasteiger partial charge in [0.25, 0.3) is 0 Å². The van der Waals surface area contributed by atoms with Gasteiger partial charge in [0.15, 0.2) is 17.5 Å². The van der Waals surface area contributed by atoms with Crippen LogP contribution in [0.25, 0.3) is 67.5 Å². The molecule has 58 heavy (non-hydrogen) atoms. The van der Waals surface area contributed by atoms with Crippen LogP contribution in [0.5, 0.6) is 0 Å². The lowest BCUT2D eigenvalue weighted by Gasteiger charge is -2.40. The van der Waals surface area contributed by atoms with E-state index in [1.807, 2.05) is 90.6 Å². The smallest absolute Gasteiger partial charge is 0.164 e. The fraction of sp³-hybridized carbons (Fsp3) is 0.0189. The van der Waals surface area contributed by atoms with Gasteiger partial charge < -0.3 is 0 Å². The fourth-order valence-corrected chi connectivity index (χ4v) is 10.0. The molecule has 0 bridgehead atoms. The summed E-state index contributed by atoms with van der Waals surface area (Å²) < 4.78 is 0. The second-order valence-corrected chi connectivity index (χ2v) is 15.7. The molecule has 0 N–H and O–H groups in total. The molecule has 270 valence electrons. The van der Waals surface area contributed by atoms with Crippen LogP contribution in [0.15, 0.2) is 204 Å². The maximum Gasteiger partial charge on any atom is 0.164 e. The van der Waals surface area contributed by atoms with Crippen LogP contribution >= 0.6 is 11.8 Å². The maximum atomic E-state index is 10.1. The predicted octanol–water partition coefficient (Wildman–Crippen LogP) is 12.9. The highest BCUT2D eigenvalue weighted by atomic mass is 32.2. The van der Waals surface area contributed by atoms with Gasteiger partial charge >= 0.3 is 0 Å². The van der Waals surface area contributed by atoms with Crippen molar-refractivity contribution in [3.63, 3.8) is 0 Å². The Labute approximate surface area is 341 Å². The van der Waals surface area contributed by atoms with E-state index in [4.69, 9.17) is 15.0 Å². The molecule has 4 nitrogen and oxygen atoms in total. The van der Waals surface area contributed by atoms with Gasteiger partial charge in [-0.25, -0.2) is 15.0 Å². The van der Waals surface area contributed by atoms with Gasteiger partial charge in [0.1, 0.15) is 0 Å². The molecule has 0 saturated carbocycles. The summed E-state index contributed by atoms with van der Waals surface area (Å²) >= 11 is 1.84. The van der Waals surface area contributed by atoms with Crippen molar-refractivity contribution in [3.8, 4) is 73.6 Å². The summed E-state index contributed by atoms with van der Waals surface area (Å²) in [5.41, 5.74) is 14.4. The quantitative estimate of drug-likeness (QED) is 0.175. The largest absolute Gasteiger partial charge is 0.208 e. The number of aromatic nitrogens is 3. The molecule has 0 amide bonds. The second kappa shape index (κ2) is 13.7. The van der Waals surface area contributed by atoms with Gasteiger partial charge in [-0.3, -0.25) is 0 Å². The maximum absolute atomic E-state index is 10.1. The Bertz CT molecular complexity index is 3010. The predicted molar refractivity (Wildman–Crippen MR) is 233 cm³/mol. The first-order valence-corrected chi connectivity index (χ1v) is 20.1. The zero-order chi connectivity index (χ0) is 38.6. The van der Waals surface area contributed by atoms with E-state index in [0.29, 0.717) is 23.0 Å². The van der Waals surface area contributed by atoms with Crippen LogP contribution in [-0.2, 0) is 5.41 Å². The van der Waals surface area contributed by atoms with E-state index in [-0.39, 0.29) is 0 Å². The van der Waals surface area contributed by atoms with Crippen LogP contribution < -0.4 is 0 Å². The minimum atomic E-state index is -0.586. The van der Waals surface area contributed by atoms with Crippen LogP contribution in [0.1, 0.15) is 27.8 Å². The Morgan fingerprint density at radius 1 is 0.362 bits per heavy atom. The Morgan fingerprint density at radius 3 is 1.45 bits per heavy atom. The number of benzene rings is 8. The Morgan fingerprint density at radius 2 is 0.828 bits per heavy atom. The molecule has 1 spiro atoms. The standard InChI is InChI=1S/C53H32N4S/c54-33-40-18-7-8-21-41(40)38-27-29-43-42-28-26-37(31-46(42)53(47(43)32-38)44-22-9-11-24-48(44)58-49-25-12-10-23-45(49)53)36-19-13-20-39(30-36)52-56-50(34-14-3-1-4-15-34)55-51(57-52)35-16-5-2-6-17-35/h1-32H. The molecule has 9 aromatic rings. The first-order chi connectivity index (χ1) is 28.7. The number of rotatable bonds is 5. The molecule has 8 aromatic carbocycles. The summed E-state index contributed by atoms with van der Waals surface area (Å²) in [7, 11) is 0. The molecule has 0 radical (unpaired) electrons. The van der Waals surface area contributed by atoms with Crippen LogP contribution in [0.4, 0.5) is 0 Å². The zero-order valence-corrected chi connectivity index (χ0v) is 32.0. The summed E-state index contributed by atoms with van der Waals surface area (Å²) in [5.74, 6) is 1.89. The Balaban J connectivity index is 1.11. The first kappa shape index (κ1) is 33.9. The van der Waals surface area contributed by atoms with Crippen LogP contribution in [0.3, 0.4) is 0 Å². The van der Waals surface area contributed by atoms with E-state index in [1.54, 1.807) is 0 Å². The highest BCUT2D eigenvalue weighted by Gasteiger charge is 2.50. The van der Waals surface area contributed by atoms with Crippen molar-refractivity contribution in [2.75, 3.05) is 0 Å². The van der Waals surface area contributed by atoms with Crippen molar-refractivity contribution in [1.29, 1.82) is 5.26 Å². The third kappa shape index (κ3) is 5.34. The summed E-state index contributed by atoms with van der Waals surface area (Å²) in [6.45, 7) is 0. The monoisotopic (exact) mass is 756 g/mol. The van der Waals surface area contributed by atoms with Gasteiger partial charge in [-0.15, -0.1) is 0 Å². The third-order valence-electron chi connectivity index (χ3n) is 11.5. The highest BCUT2D eigenvalue weighted by Crippen LogP contribution is 2.63. The summed E-state index contributed by atoms with van der Waals surface area (Å²) in [5, 5.41) is 10.1. The lowest BCUT2D eigenvalue weighted by molar-refractivity contribution is 0.723. The molecule has 2 aliphatic rings. The van der Waals surface area contributed by atoms with E-state index >= 15 is 0 Å². The van der Waals surface area contributed by atoms with Crippen molar-refractivity contribution in [3.05, 3.63) is 222 Å². The van der Waals surface area contributed by atoms with Gasteiger partial charge in [-0.1, -0.05) is 169 Å². The molecule has 1 aliphatic heterocycles. The molecular weight excluding hydrogens is 725 g/mol. The molecule has 0 fully saturated rings. The van der Waals surface area contributed by atoms with E-state index in [2.05, 4.69) is 121 Å². The topological polar surface area (TPSA) is 62.5 Å². The SMILES string of the molecule is N#Cc1ccccc1-c1ccc2c(c1)C1(c3ccccc3Sc3ccccc31)c1cc(-c3cccc(-c4nc(-c5ccccc5)nc(-c5ccccc5)n4)c3)ccc1-2. The lowest BCUT2D eigenvalue weighted by atomic mass is 9.66. The van der Waals surface area contributed by atoms with Gasteiger partial charge in [-0.05, 0) is 92.0 Å². The number of nitrogens with zero attached hydrogens (tertiary/aromatic N) is 4. The zero-order valence-electron chi connectivity index (χ0n) is 31.2. The van der Waals surface area contributed by atoms with Gasteiger partial charge in [-0.2, -0.15) is 5.26 Å². The number of nitriles is 1. The molecule has 2 heterocycles. The number of hydrogen-bond donors (Lipinski definition) is 0. The van der Waals surface area contributed by atoms with Crippen molar-refractivity contribution in [2.45, 2.75) is 15.2 Å². The number of hydrogen-bond acceptors (Lipinski definition) is 5. The van der Waals surface area contributed by atoms with Crippen molar-refractivity contribution in [2.24, 2.45) is 0 Å². The average molecular weight is 757 g/mol. The molecule has 0 saturated heterocycles. The minimum Gasteiger partial charge on any atom is -0.208 e. The average Bonchev–Trinajstić information content (AvgIpc) is 3.58. The van der Waals surface area contributed by atoms with E-state index in [9.17, 15) is 5.26 Å². The summed E-state index contributed by atoms with van der Waals surface area (Å²) in [6.07, 6.45) is 0. The Hall–Kier alpha value is -7.39. The van der Waals surface area contributed by atoms with Gasteiger partial charge in [0.2, 0.25) is 0 Å². The summed E-state index contributed by atoms with van der Waals surface area (Å²) in [6, 6.07) is 70.5. The van der Waals surface area contributed by atoms with Crippen LogP contribution in [-0.4, -0.2) is 15.0 Å². The second-order valence-electron chi connectivity index (χ2n) is 14.6. The number of fused-ring (bicyclic) bond motifs is 9. The van der Waals surface area contributed by atoms with Crippen molar-refractivity contribution < 1.29 is 0 Å². The van der Waals surface area contributed by atoms with Gasteiger partial charge in [0.05, 0.1) is 17.0 Å². The van der Waals surface area contributed by atoms with Crippen LogP contribution in [0.2, 0.25) is 0 Å². The molecule has 11 rings (SSSR count). The molecule has 0 unspecified atom stereocenters. The third-order valence-corrected chi connectivity index (χ3v) is 12.6. The lowest BCUT2D eigenvalue weighted by Crippen LogP contribution is -2.32. The molecule has 1 aromatic heterocycles. The van der Waals surface area contributed by atoms with E-state index in [0.717, 1.165) is 38.9 Å². The normalized spacial score (nSPS) is 12.9. The van der Waals surface area contributed by atoms with Crippen LogP contribution in [0, 0.1) is 11.3 Å². The molecular formula is C53H32N4S. The first-order valence-electron chi connectivity index (χ1n) is 19.3. The summed E-state index contributed by atoms with van der Waals surface area (Å²) in [4.78, 5) is 17.5. The minimum absolute atomic E-state index is 0.586. The van der Waals surface area contributed by atoms with Crippen molar-refractivity contribution >= 4 is 11.8 Å². The van der Waals surface area contributed by atoms with E-state index in [1.165, 1.54) is 43.2 Å². The molecule has 5 heteroatoms. The fourth-order valence-electron chi connectivity index (χ4n) is 8.85. The van der Waals surface area contributed by atoms with Crippen molar-refractivity contribution in [1.82, 2.24) is 15.0 Å².